The molecule has 2 heterocycles. The van der Waals surface area contributed by atoms with Gasteiger partial charge in [0.15, 0.2) is 5.82 Å². The Bertz CT molecular complexity index is 1070. The molecule has 27 heavy (non-hydrogen) atoms. The molecule has 1 aliphatic rings. The number of hydrogen-bond acceptors (Lipinski definition) is 6. The fourth-order valence-electron chi connectivity index (χ4n) is 3.10. The molecule has 7 nitrogen and oxygen atoms in total. The third-order valence-corrected chi connectivity index (χ3v) is 4.64. The lowest BCUT2D eigenvalue weighted by molar-refractivity contribution is 0.323. The second-order valence-electron chi connectivity index (χ2n) is 6.52. The van der Waals surface area contributed by atoms with Crippen molar-refractivity contribution < 1.29 is 4.74 Å². The van der Waals surface area contributed by atoms with Crippen LogP contribution in [0.15, 0.2) is 47.4 Å². The average Bonchev–Trinajstić information content (AvgIpc) is 2.67. The molecule has 0 saturated carbocycles. The van der Waals surface area contributed by atoms with Crippen LogP contribution in [0.2, 0.25) is 0 Å². The minimum atomic E-state index is -0.206. The summed E-state index contributed by atoms with van der Waals surface area (Å²) in [5, 5.41) is 6.42. The van der Waals surface area contributed by atoms with E-state index in [2.05, 4.69) is 15.6 Å². The van der Waals surface area contributed by atoms with Crippen LogP contribution >= 0.6 is 0 Å². The molecule has 0 bridgehead atoms. The second kappa shape index (κ2) is 6.68. The summed E-state index contributed by atoms with van der Waals surface area (Å²) in [6, 6.07) is 11.3. The van der Waals surface area contributed by atoms with Gasteiger partial charge >= 0.3 is 0 Å². The Hall–Kier alpha value is -3.48. The normalized spacial score (nSPS) is 12.7. The molecule has 4 N–H and O–H groups in total. The van der Waals surface area contributed by atoms with E-state index in [0.717, 1.165) is 34.8 Å². The molecule has 0 fully saturated rings. The van der Waals surface area contributed by atoms with Gasteiger partial charge in [-0.2, -0.15) is 0 Å². The predicted octanol–water partition coefficient (Wildman–Crippen LogP) is 2.89. The molecule has 1 aromatic heterocycles. The molecule has 0 radical (unpaired) electrons. The van der Waals surface area contributed by atoms with Crippen LogP contribution in [0.25, 0.3) is 11.3 Å². The first kappa shape index (κ1) is 17.0. The monoisotopic (exact) mass is 363 g/mol. The van der Waals surface area contributed by atoms with Crippen LogP contribution < -0.4 is 26.7 Å². The summed E-state index contributed by atoms with van der Waals surface area (Å²) >= 11 is 0. The standard InChI is InChI=1S/C20H21N5O2/c1-12-14(4-3-5-15(12)21)17-11-25(2)20(26)19(24-17)23-13-6-7-18-16(10-13)22-8-9-27-18/h3-7,10-11,22H,8-9,21H2,1-2H3,(H,23,24). The van der Waals surface area contributed by atoms with Gasteiger partial charge in [-0.3, -0.25) is 4.79 Å². The molecule has 0 saturated heterocycles. The van der Waals surface area contributed by atoms with Crippen molar-refractivity contribution in [1.82, 2.24) is 9.55 Å². The Morgan fingerprint density at radius 2 is 2.15 bits per heavy atom. The zero-order valence-corrected chi connectivity index (χ0v) is 15.2. The number of rotatable bonds is 3. The third-order valence-electron chi connectivity index (χ3n) is 4.64. The Morgan fingerprint density at radius 3 is 3.00 bits per heavy atom. The summed E-state index contributed by atoms with van der Waals surface area (Å²) in [6.45, 7) is 3.34. The molecule has 1 aliphatic heterocycles. The highest BCUT2D eigenvalue weighted by molar-refractivity contribution is 5.72. The zero-order valence-electron chi connectivity index (χ0n) is 15.2. The summed E-state index contributed by atoms with van der Waals surface area (Å²) < 4.78 is 7.11. The molecule has 0 spiro atoms. The number of fused-ring (bicyclic) bond motifs is 1. The molecule has 0 aliphatic carbocycles. The summed E-state index contributed by atoms with van der Waals surface area (Å²) in [5.41, 5.74) is 10.7. The topological polar surface area (TPSA) is 94.2 Å². The van der Waals surface area contributed by atoms with Crippen molar-refractivity contribution in [3.63, 3.8) is 0 Å². The zero-order chi connectivity index (χ0) is 19.0. The highest BCUT2D eigenvalue weighted by atomic mass is 16.5. The number of nitrogens with one attached hydrogen (secondary N) is 2. The molecule has 2 aromatic carbocycles. The fraction of sp³-hybridized carbons (Fsp3) is 0.200. The van der Waals surface area contributed by atoms with Gasteiger partial charge in [0.1, 0.15) is 12.4 Å². The van der Waals surface area contributed by atoms with E-state index in [1.807, 2.05) is 43.3 Å². The molecule has 0 unspecified atom stereocenters. The van der Waals surface area contributed by atoms with E-state index in [9.17, 15) is 4.79 Å². The van der Waals surface area contributed by atoms with Crippen molar-refractivity contribution in [2.45, 2.75) is 6.92 Å². The van der Waals surface area contributed by atoms with E-state index >= 15 is 0 Å². The number of benzene rings is 2. The molecule has 0 amide bonds. The van der Waals surface area contributed by atoms with Gasteiger partial charge < -0.3 is 25.7 Å². The van der Waals surface area contributed by atoms with E-state index in [4.69, 9.17) is 10.5 Å². The largest absolute Gasteiger partial charge is 0.490 e. The van der Waals surface area contributed by atoms with Gasteiger partial charge in [-0.25, -0.2) is 4.98 Å². The maximum absolute atomic E-state index is 12.6. The number of hydrogen-bond donors (Lipinski definition) is 3. The lowest BCUT2D eigenvalue weighted by Crippen LogP contribution is -2.22. The third kappa shape index (κ3) is 3.19. The van der Waals surface area contributed by atoms with Gasteiger partial charge in [0.05, 0.1) is 11.4 Å². The summed E-state index contributed by atoms with van der Waals surface area (Å²) in [6.07, 6.45) is 1.72. The van der Waals surface area contributed by atoms with Crippen LogP contribution in [0.3, 0.4) is 0 Å². The maximum atomic E-state index is 12.6. The van der Waals surface area contributed by atoms with Crippen LogP contribution in [0.5, 0.6) is 5.75 Å². The smallest absolute Gasteiger partial charge is 0.293 e. The van der Waals surface area contributed by atoms with Crippen LogP contribution in [-0.4, -0.2) is 22.7 Å². The molecular formula is C20H21N5O2. The predicted molar refractivity (Wildman–Crippen MR) is 108 cm³/mol. The lowest BCUT2D eigenvalue weighted by atomic mass is 10.0. The van der Waals surface area contributed by atoms with E-state index in [-0.39, 0.29) is 11.4 Å². The molecular weight excluding hydrogens is 342 g/mol. The first-order valence-electron chi connectivity index (χ1n) is 8.74. The average molecular weight is 363 g/mol. The molecule has 138 valence electrons. The Kier molecular flexibility index (Phi) is 4.19. The van der Waals surface area contributed by atoms with Crippen molar-refractivity contribution in [2.24, 2.45) is 7.05 Å². The van der Waals surface area contributed by atoms with E-state index in [1.165, 1.54) is 4.57 Å². The van der Waals surface area contributed by atoms with E-state index in [0.29, 0.717) is 18.0 Å². The Labute approximate surface area is 156 Å². The van der Waals surface area contributed by atoms with Gasteiger partial charge in [0, 0.05) is 36.7 Å². The number of aryl methyl sites for hydroxylation is 1. The SMILES string of the molecule is Cc1c(N)cccc1-c1cn(C)c(=O)c(Nc2ccc3c(c2)NCCO3)n1. The van der Waals surface area contributed by atoms with Crippen molar-refractivity contribution in [3.8, 4) is 17.0 Å². The fourth-order valence-corrected chi connectivity index (χ4v) is 3.10. The summed E-state index contributed by atoms with van der Waals surface area (Å²) in [5.74, 6) is 1.06. The van der Waals surface area contributed by atoms with Crippen molar-refractivity contribution in [2.75, 3.05) is 29.5 Å². The van der Waals surface area contributed by atoms with Crippen molar-refractivity contribution in [3.05, 3.63) is 58.5 Å². The summed E-state index contributed by atoms with van der Waals surface area (Å²) in [7, 11) is 1.71. The van der Waals surface area contributed by atoms with Crippen LogP contribution in [-0.2, 0) is 7.05 Å². The quantitative estimate of drug-likeness (QED) is 0.620. The summed E-state index contributed by atoms with van der Waals surface area (Å²) in [4.78, 5) is 17.1. The van der Waals surface area contributed by atoms with Gasteiger partial charge in [0.25, 0.3) is 5.56 Å². The maximum Gasteiger partial charge on any atom is 0.293 e. The van der Waals surface area contributed by atoms with Gasteiger partial charge in [0.2, 0.25) is 0 Å². The minimum absolute atomic E-state index is 0.206. The van der Waals surface area contributed by atoms with E-state index < -0.39 is 0 Å². The van der Waals surface area contributed by atoms with Crippen molar-refractivity contribution in [1.29, 1.82) is 0 Å². The minimum Gasteiger partial charge on any atom is -0.490 e. The molecule has 3 aromatic rings. The number of nitrogen functional groups attached to an aromatic ring is 1. The first-order chi connectivity index (χ1) is 13.0. The van der Waals surface area contributed by atoms with Gasteiger partial charge in [-0.1, -0.05) is 12.1 Å². The molecule has 4 rings (SSSR count). The lowest BCUT2D eigenvalue weighted by Gasteiger charge is -2.20. The van der Waals surface area contributed by atoms with Gasteiger partial charge in [-0.15, -0.1) is 0 Å². The number of nitrogens with two attached hydrogens (primary N) is 1. The number of anilines is 4. The highest BCUT2D eigenvalue weighted by Gasteiger charge is 2.14. The Balaban J connectivity index is 1.74. The van der Waals surface area contributed by atoms with Crippen LogP contribution in [0.1, 0.15) is 5.56 Å². The Morgan fingerprint density at radius 1 is 1.30 bits per heavy atom. The number of aromatic nitrogens is 2. The first-order valence-corrected chi connectivity index (χ1v) is 8.74. The number of ether oxygens (including phenoxy) is 1. The van der Waals surface area contributed by atoms with Crippen LogP contribution in [0, 0.1) is 6.92 Å². The van der Waals surface area contributed by atoms with Gasteiger partial charge in [-0.05, 0) is 36.8 Å². The second-order valence-corrected chi connectivity index (χ2v) is 6.52. The molecule has 0 atom stereocenters. The van der Waals surface area contributed by atoms with Crippen LogP contribution in [0.4, 0.5) is 22.9 Å². The van der Waals surface area contributed by atoms with Crippen molar-refractivity contribution >= 4 is 22.9 Å². The highest BCUT2D eigenvalue weighted by Crippen LogP contribution is 2.31. The number of nitrogens with zero attached hydrogens (tertiary/aromatic N) is 2. The van der Waals surface area contributed by atoms with E-state index in [1.54, 1.807) is 13.2 Å². The molecule has 7 heteroatoms.